The van der Waals surface area contributed by atoms with Crippen molar-refractivity contribution >= 4 is 23.4 Å². The van der Waals surface area contributed by atoms with Gasteiger partial charge in [-0.05, 0) is 19.1 Å². The molecule has 3 aromatic rings. The van der Waals surface area contributed by atoms with E-state index in [1.165, 1.54) is 23.9 Å². The molecule has 4 rings (SSSR count). The quantitative estimate of drug-likeness (QED) is 0.654. The summed E-state index contributed by atoms with van der Waals surface area (Å²) in [5.74, 6) is 0.421. The molecule has 9 heteroatoms. The van der Waals surface area contributed by atoms with E-state index >= 15 is 0 Å². The lowest BCUT2D eigenvalue weighted by molar-refractivity contribution is -0.116. The summed E-state index contributed by atoms with van der Waals surface area (Å²) in [4.78, 5) is 40.6. The van der Waals surface area contributed by atoms with Gasteiger partial charge in [0.05, 0.1) is 17.4 Å². The lowest BCUT2D eigenvalue weighted by atomic mass is 10.1. The van der Waals surface area contributed by atoms with Gasteiger partial charge in [0.25, 0.3) is 11.1 Å². The second-order valence-corrected chi connectivity index (χ2v) is 7.44. The Balaban J connectivity index is 1.54. The number of aryl methyl sites for hydroxylation is 1. The highest BCUT2D eigenvalue weighted by Gasteiger charge is 2.27. The number of amides is 1. The zero-order chi connectivity index (χ0) is 19.7. The van der Waals surface area contributed by atoms with Crippen LogP contribution in [0.1, 0.15) is 18.2 Å². The average molecular weight is 395 g/mol. The lowest BCUT2D eigenvalue weighted by Gasteiger charge is -2.15. The molecule has 1 atom stereocenters. The number of carbonyl (C=O) groups excluding carboxylic acids is 1. The van der Waals surface area contributed by atoms with Crippen molar-refractivity contribution in [3.63, 3.8) is 0 Å². The van der Waals surface area contributed by atoms with Gasteiger partial charge in [0.2, 0.25) is 5.91 Å². The Morgan fingerprint density at radius 3 is 2.89 bits per heavy atom. The number of para-hydroxylation sites is 1. The number of H-pyrrole nitrogens is 1. The van der Waals surface area contributed by atoms with Crippen molar-refractivity contribution in [1.82, 2.24) is 19.7 Å². The first-order valence-corrected chi connectivity index (χ1v) is 9.68. The van der Waals surface area contributed by atoms with Gasteiger partial charge in [-0.25, -0.2) is 10.1 Å². The van der Waals surface area contributed by atoms with Crippen LogP contribution in [0.15, 0.2) is 57.2 Å². The number of aromatic nitrogens is 4. The van der Waals surface area contributed by atoms with E-state index in [0.717, 1.165) is 0 Å². The van der Waals surface area contributed by atoms with E-state index in [4.69, 9.17) is 0 Å². The predicted molar refractivity (Wildman–Crippen MR) is 107 cm³/mol. The summed E-state index contributed by atoms with van der Waals surface area (Å²) in [6.45, 7) is 1.78. The zero-order valence-electron chi connectivity index (χ0n) is 15.0. The maximum atomic E-state index is 12.7. The molecule has 0 aliphatic carbocycles. The van der Waals surface area contributed by atoms with Crippen molar-refractivity contribution in [2.24, 2.45) is 0 Å². The van der Waals surface area contributed by atoms with Crippen LogP contribution >= 0.6 is 11.8 Å². The standard InChI is InChI=1S/C19H17N5O3S/c1-11-8-18(27)24-12(10-28-19(24)20-11)9-17(26)21-14-5-3-2-4-13(14)15-6-7-16(25)23-22-15/h2-8,12H,9-10H2,1H3,(H,21,26)(H,23,25)/t12-/m1/s1. The Morgan fingerprint density at radius 2 is 2.11 bits per heavy atom. The minimum atomic E-state index is -0.294. The molecule has 1 amide bonds. The van der Waals surface area contributed by atoms with E-state index in [9.17, 15) is 14.4 Å². The van der Waals surface area contributed by atoms with Gasteiger partial charge < -0.3 is 5.32 Å². The molecule has 3 heterocycles. The van der Waals surface area contributed by atoms with Crippen LogP contribution in [0.25, 0.3) is 11.3 Å². The highest BCUT2D eigenvalue weighted by molar-refractivity contribution is 7.99. The molecule has 0 saturated carbocycles. The number of carbonyl (C=O) groups is 1. The Hall–Kier alpha value is -3.20. The monoisotopic (exact) mass is 395 g/mol. The summed E-state index contributed by atoms with van der Waals surface area (Å²) in [7, 11) is 0. The van der Waals surface area contributed by atoms with Crippen LogP contribution in [0.2, 0.25) is 0 Å². The number of thioether (sulfide) groups is 1. The van der Waals surface area contributed by atoms with Gasteiger partial charge in [-0.3, -0.25) is 19.0 Å². The first-order chi connectivity index (χ1) is 13.5. The van der Waals surface area contributed by atoms with Crippen molar-refractivity contribution in [2.45, 2.75) is 24.5 Å². The van der Waals surface area contributed by atoms with Gasteiger partial charge in [0, 0.05) is 35.6 Å². The van der Waals surface area contributed by atoms with Crippen molar-refractivity contribution in [3.8, 4) is 11.3 Å². The summed E-state index contributed by atoms with van der Waals surface area (Å²) in [5, 5.41) is 9.97. The second kappa shape index (κ2) is 7.43. The first-order valence-electron chi connectivity index (χ1n) is 8.69. The highest BCUT2D eigenvalue weighted by atomic mass is 32.2. The topological polar surface area (TPSA) is 110 Å². The van der Waals surface area contributed by atoms with Crippen LogP contribution in [0.3, 0.4) is 0 Å². The maximum Gasteiger partial charge on any atom is 0.264 e. The van der Waals surface area contributed by atoms with E-state index in [0.29, 0.717) is 33.5 Å². The number of nitrogens with zero attached hydrogens (tertiary/aromatic N) is 3. The average Bonchev–Trinajstić information content (AvgIpc) is 3.05. The molecule has 0 bridgehead atoms. The fourth-order valence-corrected chi connectivity index (χ4v) is 4.33. The van der Waals surface area contributed by atoms with Crippen LogP contribution in [0, 0.1) is 6.92 Å². The number of nitrogens with one attached hydrogen (secondary N) is 2. The molecule has 1 aromatic carbocycles. The van der Waals surface area contributed by atoms with Crippen LogP contribution in [-0.2, 0) is 4.79 Å². The van der Waals surface area contributed by atoms with Crippen LogP contribution in [-0.4, -0.2) is 31.4 Å². The molecule has 1 aliphatic heterocycles. The molecular formula is C19H17N5O3S. The highest BCUT2D eigenvalue weighted by Crippen LogP contribution is 2.32. The third-order valence-electron chi connectivity index (χ3n) is 4.40. The van der Waals surface area contributed by atoms with Crippen LogP contribution in [0.5, 0.6) is 0 Å². The Morgan fingerprint density at radius 1 is 1.29 bits per heavy atom. The van der Waals surface area contributed by atoms with Crippen molar-refractivity contribution < 1.29 is 4.79 Å². The molecule has 8 nitrogen and oxygen atoms in total. The second-order valence-electron chi connectivity index (χ2n) is 6.46. The number of anilines is 1. The third kappa shape index (κ3) is 3.61. The molecule has 0 unspecified atom stereocenters. The normalized spacial score (nSPS) is 15.2. The zero-order valence-corrected chi connectivity index (χ0v) is 15.8. The number of aromatic amines is 1. The SMILES string of the molecule is Cc1cc(=O)n2c(n1)SC[C@H]2CC(=O)Nc1ccccc1-c1ccc(=O)[nH]n1. The Bertz CT molecular complexity index is 1150. The molecule has 2 N–H and O–H groups in total. The Labute approximate surface area is 164 Å². The van der Waals surface area contributed by atoms with E-state index in [1.807, 2.05) is 18.2 Å². The molecule has 0 spiro atoms. The first kappa shape index (κ1) is 18.2. The number of benzene rings is 1. The molecule has 0 radical (unpaired) electrons. The molecule has 0 saturated heterocycles. The van der Waals surface area contributed by atoms with Crippen LogP contribution < -0.4 is 16.4 Å². The fourth-order valence-electron chi connectivity index (χ4n) is 3.14. The van der Waals surface area contributed by atoms with Gasteiger partial charge in [-0.2, -0.15) is 5.10 Å². The summed E-state index contributed by atoms with van der Waals surface area (Å²) in [6, 6.07) is 11.5. The fraction of sp³-hybridized carbons (Fsp3) is 0.211. The maximum absolute atomic E-state index is 12.7. The minimum absolute atomic E-state index is 0.136. The number of rotatable bonds is 4. The summed E-state index contributed by atoms with van der Waals surface area (Å²) < 4.78 is 1.59. The smallest absolute Gasteiger partial charge is 0.264 e. The van der Waals surface area contributed by atoms with Gasteiger partial charge in [-0.15, -0.1) is 0 Å². The molecule has 1 aliphatic rings. The molecule has 2 aromatic heterocycles. The van der Waals surface area contributed by atoms with Crippen molar-refractivity contribution in [2.75, 3.05) is 11.1 Å². The van der Waals surface area contributed by atoms with Crippen LogP contribution in [0.4, 0.5) is 5.69 Å². The summed E-state index contributed by atoms with van der Waals surface area (Å²) >= 11 is 1.48. The molecule has 28 heavy (non-hydrogen) atoms. The van der Waals surface area contributed by atoms with E-state index in [1.54, 1.807) is 23.6 Å². The van der Waals surface area contributed by atoms with Gasteiger partial charge in [0.1, 0.15) is 0 Å². The van der Waals surface area contributed by atoms with Crippen molar-refractivity contribution in [3.05, 3.63) is 68.9 Å². The minimum Gasteiger partial charge on any atom is -0.325 e. The Kier molecular flexibility index (Phi) is 4.82. The number of hydrogen-bond acceptors (Lipinski definition) is 6. The molecule has 0 fully saturated rings. The molecule has 142 valence electrons. The van der Waals surface area contributed by atoms with E-state index < -0.39 is 0 Å². The summed E-state index contributed by atoms with van der Waals surface area (Å²) in [5.41, 5.74) is 2.08. The van der Waals surface area contributed by atoms with Gasteiger partial charge in [-0.1, -0.05) is 30.0 Å². The number of fused-ring (bicyclic) bond motifs is 1. The summed E-state index contributed by atoms with van der Waals surface area (Å²) in [6.07, 6.45) is 0.165. The predicted octanol–water partition coefficient (Wildman–Crippen LogP) is 1.98. The molecular weight excluding hydrogens is 378 g/mol. The number of hydrogen-bond donors (Lipinski definition) is 2. The van der Waals surface area contributed by atoms with E-state index in [-0.39, 0.29) is 29.5 Å². The van der Waals surface area contributed by atoms with Crippen molar-refractivity contribution in [1.29, 1.82) is 0 Å². The van der Waals surface area contributed by atoms with Gasteiger partial charge >= 0.3 is 0 Å². The van der Waals surface area contributed by atoms with E-state index in [2.05, 4.69) is 20.5 Å². The third-order valence-corrected chi connectivity index (χ3v) is 5.49. The van der Waals surface area contributed by atoms with Gasteiger partial charge in [0.15, 0.2) is 5.16 Å². The largest absolute Gasteiger partial charge is 0.325 e. The lowest BCUT2D eigenvalue weighted by Crippen LogP contribution is -2.27.